The monoisotopic (exact) mass is 289 g/mol. The van der Waals surface area contributed by atoms with Gasteiger partial charge in [0.25, 0.3) is 0 Å². The van der Waals surface area contributed by atoms with Crippen LogP contribution >= 0.6 is 0 Å². The predicted octanol–water partition coefficient (Wildman–Crippen LogP) is 3.11. The lowest BCUT2D eigenvalue weighted by Crippen LogP contribution is -2.30. The summed E-state index contributed by atoms with van der Waals surface area (Å²) in [4.78, 5) is 2.18. The fourth-order valence-corrected chi connectivity index (χ4v) is 2.90. The van der Waals surface area contributed by atoms with Crippen molar-refractivity contribution in [2.24, 2.45) is 0 Å². The van der Waals surface area contributed by atoms with Crippen LogP contribution in [0.15, 0.2) is 28.9 Å². The zero-order valence-electron chi connectivity index (χ0n) is 13.8. The summed E-state index contributed by atoms with van der Waals surface area (Å²) in [6.07, 6.45) is 1.74. The minimum absolute atomic E-state index is 0.259. The molecule has 0 spiro atoms. The number of aromatic nitrogens is 1. The molecule has 0 radical (unpaired) electrons. The maximum absolute atomic E-state index is 5.54. The lowest BCUT2D eigenvalue weighted by atomic mass is 10.2. The lowest BCUT2D eigenvalue weighted by Gasteiger charge is -2.22. The van der Waals surface area contributed by atoms with Crippen molar-refractivity contribution < 1.29 is 4.42 Å². The molecule has 0 aliphatic rings. The second-order valence-corrected chi connectivity index (χ2v) is 5.77. The average Bonchev–Trinajstić information content (AvgIpc) is 3.03. The molecule has 0 fully saturated rings. The molecule has 1 atom stereocenters. The predicted molar refractivity (Wildman–Crippen MR) is 86.4 cm³/mol. The van der Waals surface area contributed by atoms with E-state index in [1.54, 1.807) is 6.26 Å². The van der Waals surface area contributed by atoms with Crippen LogP contribution in [0.1, 0.15) is 35.7 Å². The molecular weight excluding hydrogens is 262 g/mol. The Morgan fingerprint density at radius 1 is 1.33 bits per heavy atom. The number of nitrogens with one attached hydrogen (secondary N) is 1. The fraction of sp³-hybridized carbons (Fsp3) is 0.529. The van der Waals surface area contributed by atoms with Crippen molar-refractivity contribution in [2.45, 2.75) is 39.9 Å². The normalized spacial score (nSPS) is 13.0. The van der Waals surface area contributed by atoms with Crippen molar-refractivity contribution in [3.05, 3.63) is 47.2 Å². The van der Waals surface area contributed by atoms with E-state index in [0.29, 0.717) is 0 Å². The van der Waals surface area contributed by atoms with E-state index >= 15 is 0 Å². The first-order valence-corrected chi connectivity index (χ1v) is 7.60. The summed E-state index contributed by atoms with van der Waals surface area (Å²) < 4.78 is 7.89. The van der Waals surface area contributed by atoms with Crippen molar-refractivity contribution in [1.29, 1.82) is 0 Å². The zero-order chi connectivity index (χ0) is 15.4. The number of hydrogen-bond acceptors (Lipinski definition) is 3. The molecule has 0 aromatic carbocycles. The summed E-state index contributed by atoms with van der Waals surface area (Å²) in [5.74, 6) is 1.01. The highest BCUT2D eigenvalue weighted by Crippen LogP contribution is 2.19. The molecule has 1 unspecified atom stereocenters. The van der Waals surface area contributed by atoms with Crippen LogP contribution in [-0.2, 0) is 13.1 Å². The third-order valence-electron chi connectivity index (χ3n) is 4.14. The highest BCUT2D eigenvalue weighted by molar-refractivity contribution is 5.26. The fourth-order valence-electron chi connectivity index (χ4n) is 2.90. The molecule has 0 aliphatic heterocycles. The van der Waals surface area contributed by atoms with Crippen LogP contribution in [-0.4, -0.2) is 30.1 Å². The van der Waals surface area contributed by atoms with Gasteiger partial charge in [0.1, 0.15) is 5.76 Å². The molecule has 2 aromatic rings. The first kappa shape index (κ1) is 15.9. The molecule has 2 heterocycles. The van der Waals surface area contributed by atoms with Gasteiger partial charge >= 0.3 is 0 Å². The van der Waals surface area contributed by atoms with Crippen LogP contribution in [0.25, 0.3) is 0 Å². The highest BCUT2D eigenvalue weighted by atomic mass is 16.3. The summed E-state index contributed by atoms with van der Waals surface area (Å²) >= 11 is 0. The van der Waals surface area contributed by atoms with E-state index in [1.165, 1.54) is 17.0 Å². The second-order valence-electron chi connectivity index (χ2n) is 5.77. The Kier molecular flexibility index (Phi) is 5.26. The zero-order valence-corrected chi connectivity index (χ0v) is 13.8. The Balaban J connectivity index is 1.97. The largest absolute Gasteiger partial charge is 0.468 e. The third-order valence-corrected chi connectivity index (χ3v) is 4.14. The van der Waals surface area contributed by atoms with Crippen LogP contribution in [0.3, 0.4) is 0 Å². The molecular formula is C17H27N3O. The van der Waals surface area contributed by atoms with E-state index in [1.807, 2.05) is 12.1 Å². The van der Waals surface area contributed by atoms with E-state index in [0.717, 1.165) is 25.4 Å². The molecule has 0 saturated carbocycles. The van der Waals surface area contributed by atoms with E-state index in [2.05, 4.69) is 55.7 Å². The van der Waals surface area contributed by atoms with Gasteiger partial charge in [0, 0.05) is 31.0 Å². The van der Waals surface area contributed by atoms with Crippen LogP contribution < -0.4 is 5.32 Å². The van der Waals surface area contributed by atoms with Gasteiger partial charge in [0.05, 0.1) is 12.3 Å². The van der Waals surface area contributed by atoms with Crippen LogP contribution in [0, 0.1) is 13.8 Å². The number of likely N-dealkylation sites (N-methyl/N-ethyl adjacent to an activating group) is 1. The molecule has 116 valence electrons. The minimum atomic E-state index is 0.259. The number of aryl methyl sites for hydroxylation is 1. The molecule has 2 aromatic heterocycles. The van der Waals surface area contributed by atoms with Crippen LogP contribution in [0.5, 0.6) is 0 Å². The van der Waals surface area contributed by atoms with E-state index in [4.69, 9.17) is 4.42 Å². The Bertz CT molecular complexity index is 555. The van der Waals surface area contributed by atoms with Gasteiger partial charge in [-0.2, -0.15) is 0 Å². The van der Waals surface area contributed by atoms with Crippen molar-refractivity contribution in [1.82, 2.24) is 14.8 Å². The smallest absolute Gasteiger partial charge is 0.122 e. The van der Waals surface area contributed by atoms with Crippen molar-refractivity contribution >= 4 is 0 Å². The quantitative estimate of drug-likeness (QED) is 0.850. The number of hydrogen-bond donors (Lipinski definition) is 1. The molecule has 21 heavy (non-hydrogen) atoms. The second kappa shape index (κ2) is 6.96. The third kappa shape index (κ3) is 3.57. The van der Waals surface area contributed by atoms with Crippen LogP contribution in [0.2, 0.25) is 0 Å². The lowest BCUT2D eigenvalue weighted by molar-refractivity contribution is 0.250. The Morgan fingerprint density at radius 2 is 2.10 bits per heavy atom. The summed E-state index contributed by atoms with van der Waals surface area (Å²) in [7, 11) is 4.16. The van der Waals surface area contributed by atoms with Gasteiger partial charge in [0.15, 0.2) is 0 Å². The van der Waals surface area contributed by atoms with Crippen molar-refractivity contribution in [2.75, 3.05) is 20.6 Å². The van der Waals surface area contributed by atoms with E-state index in [9.17, 15) is 0 Å². The molecule has 2 rings (SSSR count). The van der Waals surface area contributed by atoms with Crippen molar-refractivity contribution in [3.63, 3.8) is 0 Å². The molecule has 0 saturated heterocycles. The number of nitrogens with zero attached hydrogens (tertiary/aromatic N) is 2. The standard InChI is InChI=1S/C17H27N3O/c1-6-20-13(2)10-15(14(20)3)11-18-12-16(19(4)5)17-8-7-9-21-17/h7-10,16,18H,6,11-12H2,1-5H3. The molecule has 4 nitrogen and oxygen atoms in total. The van der Waals surface area contributed by atoms with Gasteiger partial charge in [-0.3, -0.25) is 4.90 Å². The van der Waals surface area contributed by atoms with Gasteiger partial charge in [-0.15, -0.1) is 0 Å². The first-order valence-electron chi connectivity index (χ1n) is 7.60. The summed E-state index contributed by atoms with van der Waals surface area (Å²) in [5.41, 5.74) is 4.08. The van der Waals surface area contributed by atoms with E-state index < -0.39 is 0 Å². The number of rotatable bonds is 7. The van der Waals surface area contributed by atoms with Gasteiger partial charge in [-0.25, -0.2) is 0 Å². The average molecular weight is 289 g/mol. The van der Waals surface area contributed by atoms with E-state index in [-0.39, 0.29) is 6.04 Å². The Labute approximate surface area is 127 Å². The molecule has 1 N–H and O–H groups in total. The minimum Gasteiger partial charge on any atom is -0.468 e. The summed E-state index contributed by atoms with van der Waals surface area (Å²) in [6.45, 7) is 9.36. The highest BCUT2D eigenvalue weighted by Gasteiger charge is 2.16. The summed E-state index contributed by atoms with van der Waals surface area (Å²) in [5, 5.41) is 3.56. The van der Waals surface area contributed by atoms with Gasteiger partial charge in [-0.05, 0) is 58.6 Å². The van der Waals surface area contributed by atoms with Gasteiger partial charge < -0.3 is 14.3 Å². The van der Waals surface area contributed by atoms with Crippen LogP contribution in [0.4, 0.5) is 0 Å². The molecule has 0 bridgehead atoms. The topological polar surface area (TPSA) is 33.3 Å². The molecule has 0 amide bonds. The molecule has 0 aliphatic carbocycles. The Morgan fingerprint density at radius 3 is 2.62 bits per heavy atom. The first-order chi connectivity index (χ1) is 10.0. The van der Waals surface area contributed by atoms with Gasteiger partial charge in [-0.1, -0.05) is 0 Å². The maximum Gasteiger partial charge on any atom is 0.122 e. The summed E-state index contributed by atoms with van der Waals surface area (Å²) in [6, 6.07) is 6.52. The molecule has 4 heteroatoms. The van der Waals surface area contributed by atoms with Gasteiger partial charge in [0.2, 0.25) is 0 Å². The maximum atomic E-state index is 5.54. The SMILES string of the molecule is CCn1c(C)cc(CNCC(c2ccco2)N(C)C)c1C. The number of furan rings is 1. The Hall–Kier alpha value is -1.52. The van der Waals surface area contributed by atoms with Crippen molar-refractivity contribution in [3.8, 4) is 0 Å².